The van der Waals surface area contributed by atoms with Crippen LogP contribution < -0.4 is 0 Å². The van der Waals surface area contributed by atoms with Crippen LogP contribution in [0.4, 0.5) is 0 Å². The van der Waals surface area contributed by atoms with Crippen molar-refractivity contribution in [1.29, 1.82) is 0 Å². The number of hydrogen-bond donors (Lipinski definition) is 0. The molecule has 0 aliphatic rings. The lowest BCUT2D eigenvalue weighted by Gasteiger charge is -2.15. The third-order valence-electron chi connectivity index (χ3n) is 11.7. The Bertz CT molecular complexity index is 3300. The Morgan fingerprint density at radius 2 is 0.318 bits per heavy atom. The Kier molecular flexibility index (Phi) is 10.9. The summed E-state index contributed by atoms with van der Waals surface area (Å²) < 4.78 is 0. The highest BCUT2D eigenvalue weighted by atomic mass is 15.0. The van der Waals surface area contributed by atoms with Crippen LogP contribution in [0.1, 0.15) is 0 Å². The quantitative estimate of drug-likeness (QED) is 0.136. The van der Waals surface area contributed by atoms with E-state index in [1.807, 2.05) is 121 Å². The number of nitrogens with zero attached hydrogens (tertiary/aromatic N) is 6. The second-order valence-corrected chi connectivity index (χ2v) is 15.9. The molecule has 66 heavy (non-hydrogen) atoms. The first-order chi connectivity index (χ1) is 32.7. The lowest BCUT2D eigenvalue weighted by atomic mass is 9.89. The van der Waals surface area contributed by atoms with E-state index in [1.54, 1.807) is 0 Å². The van der Waals surface area contributed by atoms with Gasteiger partial charge in [-0.05, 0) is 44.5 Å². The molecule has 0 aliphatic carbocycles. The molecule has 0 fully saturated rings. The predicted molar refractivity (Wildman–Crippen MR) is 268 cm³/mol. The van der Waals surface area contributed by atoms with E-state index in [2.05, 4.69) is 121 Å². The molecular weight excluding hydrogens is 805 g/mol. The highest BCUT2D eigenvalue weighted by molar-refractivity contribution is 5.92. The zero-order valence-corrected chi connectivity index (χ0v) is 35.8. The van der Waals surface area contributed by atoms with Gasteiger partial charge in [-0.15, -0.1) is 0 Å². The first kappa shape index (κ1) is 39.8. The Morgan fingerprint density at radius 3 is 0.576 bits per heavy atom. The van der Waals surface area contributed by atoms with Gasteiger partial charge in [0.05, 0.1) is 0 Å². The summed E-state index contributed by atoms with van der Waals surface area (Å²) >= 11 is 0. The van der Waals surface area contributed by atoms with Gasteiger partial charge in [-0.2, -0.15) is 0 Å². The number of aromatic nitrogens is 6. The van der Waals surface area contributed by atoms with Crippen LogP contribution in [0.5, 0.6) is 0 Å². The summed E-state index contributed by atoms with van der Waals surface area (Å²) in [5.74, 6) is 3.84. The van der Waals surface area contributed by atoms with Crippen molar-refractivity contribution in [2.45, 2.75) is 0 Å². The second kappa shape index (κ2) is 18.0. The Morgan fingerprint density at radius 1 is 0.136 bits per heavy atom. The Balaban J connectivity index is 0.874. The van der Waals surface area contributed by atoms with Gasteiger partial charge in [0.2, 0.25) is 0 Å². The van der Waals surface area contributed by atoms with Gasteiger partial charge in [-0.3, -0.25) is 0 Å². The van der Waals surface area contributed by atoms with Crippen LogP contribution in [0.25, 0.3) is 113 Å². The molecule has 6 nitrogen and oxygen atoms in total. The van der Waals surface area contributed by atoms with Crippen molar-refractivity contribution in [3.63, 3.8) is 0 Å². The summed E-state index contributed by atoms with van der Waals surface area (Å²) in [6, 6.07) is 83.3. The van der Waals surface area contributed by atoms with Gasteiger partial charge in [-0.25, -0.2) is 29.9 Å². The fraction of sp³-hybridized carbons (Fsp3) is 0. The molecule has 11 aromatic rings. The molecule has 0 saturated heterocycles. The molecular formula is C60H40N6. The molecule has 6 heteroatoms. The molecule has 2 heterocycles. The molecule has 11 rings (SSSR count). The summed E-state index contributed by atoms with van der Waals surface area (Å²) in [6.07, 6.45) is 0. The third kappa shape index (κ3) is 8.30. The lowest BCUT2D eigenvalue weighted by molar-refractivity contribution is 1.07. The average molecular weight is 845 g/mol. The van der Waals surface area contributed by atoms with Crippen LogP contribution in [0.3, 0.4) is 0 Å². The normalized spacial score (nSPS) is 11.0. The van der Waals surface area contributed by atoms with E-state index in [0.29, 0.717) is 34.9 Å². The van der Waals surface area contributed by atoms with E-state index in [-0.39, 0.29) is 0 Å². The minimum atomic E-state index is 0.630. The van der Waals surface area contributed by atoms with Crippen molar-refractivity contribution in [3.05, 3.63) is 243 Å². The highest BCUT2D eigenvalue weighted by Gasteiger charge is 2.16. The Hall–Kier alpha value is -9.00. The van der Waals surface area contributed by atoms with Gasteiger partial charge in [-0.1, -0.05) is 243 Å². The minimum absolute atomic E-state index is 0.630. The first-order valence-corrected chi connectivity index (χ1v) is 21.9. The molecule has 9 aromatic carbocycles. The predicted octanol–water partition coefficient (Wildman–Crippen LogP) is 14.7. The van der Waals surface area contributed by atoms with E-state index in [1.165, 1.54) is 0 Å². The molecule has 0 radical (unpaired) electrons. The van der Waals surface area contributed by atoms with Crippen molar-refractivity contribution in [2.24, 2.45) is 0 Å². The van der Waals surface area contributed by atoms with Gasteiger partial charge in [0.25, 0.3) is 0 Å². The summed E-state index contributed by atoms with van der Waals surface area (Å²) in [5.41, 5.74) is 14.7. The van der Waals surface area contributed by atoms with Crippen LogP contribution in [0, 0.1) is 0 Å². The SMILES string of the molecule is c1ccc(-c2nc(-c3ccccc3)nc(-c3ccc(-c4ccc(-c5ccccc5-c5ccccc5-c5ccc(-c6nc(-c7ccccc7)nc(-c7ccccc7)n6)cc5)cc4)cc3)n2)cc1. The molecule has 0 unspecified atom stereocenters. The van der Waals surface area contributed by atoms with E-state index >= 15 is 0 Å². The summed E-state index contributed by atoms with van der Waals surface area (Å²) in [6.45, 7) is 0. The van der Waals surface area contributed by atoms with Crippen LogP contribution in [0.2, 0.25) is 0 Å². The topological polar surface area (TPSA) is 77.3 Å². The van der Waals surface area contributed by atoms with Gasteiger partial charge in [0.15, 0.2) is 34.9 Å². The monoisotopic (exact) mass is 844 g/mol. The highest BCUT2D eigenvalue weighted by Crippen LogP contribution is 2.39. The maximum Gasteiger partial charge on any atom is 0.164 e. The van der Waals surface area contributed by atoms with Crippen molar-refractivity contribution >= 4 is 0 Å². The zero-order valence-electron chi connectivity index (χ0n) is 35.8. The van der Waals surface area contributed by atoms with Gasteiger partial charge < -0.3 is 0 Å². The van der Waals surface area contributed by atoms with Gasteiger partial charge >= 0.3 is 0 Å². The molecule has 0 atom stereocenters. The maximum absolute atomic E-state index is 4.95. The van der Waals surface area contributed by atoms with Crippen molar-refractivity contribution < 1.29 is 0 Å². The standard InChI is InChI=1S/C60H40N6/c1-5-17-45(18-6-1)55-61-56(46-19-7-2-8-20-46)64-59(63-55)49-37-31-42(32-38-49)41-29-33-43(34-30-41)51-25-13-15-27-53(51)54-28-16-14-26-52(54)44-35-39-50(40-36-44)60-65-57(47-21-9-3-10-22-47)62-58(66-60)48-23-11-4-12-24-48/h1-40H. The first-order valence-electron chi connectivity index (χ1n) is 21.9. The van der Waals surface area contributed by atoms with E-state index in [9.17, 15) is 0 Å². The molecule has 0 saturated carbocycles. The number of benzene rings is 9. The molecule has 2 aromatic heterocycles. The number of hydrogen-bond acceptors (Lipinski definition) is 6. The summed E-state index contributed by atoms with van der Waals surface area (Å²) in [5, 5.41) is 0. The van der Waals surface area contributed by atoms with Gasteiger partial charge in [0, 0.05) is 33.4 Å². The zero-order chi connectivity index (χ0) is 44.1. The molecule has 0 aliphatic heterocycles. The van der Waals surface area contributed by atoms with Crippen LogP contribution in [-0.4, -0.2) is 29.9 Å². The van der Waals surface area contributed by atoms with Crippen LogP contribution in [0.15, 0.2) is 243 Å². The third-order valence-corrected chi connectivity index (χ3v) is 11.7. The van der Waals surface area contributed by atoms with Crippen LogP contribution >= 0.6 is 0 Å². The summed E-state index contributed by atoms with van der Waals surface area (Å²) in [4.78, 5) is 29.5. The smallest absolute Gasteiger partial charge is 0.164 e. The van der Waals surface area contributed by atoms with Crippen molar-refractivity contribution in [2.75, 3.05) is 0 Å². The van der Waals surface area contributed by atoms with E-state index in [0.717, 1.165) is 77.9 Å². The molecule has 0 N–H and O–H groups in total. The molecule has 0 spiro atoms. The maximum atomic E-state index is 4.95. The van der Waals surface area contributed by atoms with Crippen LogP contribution in [-0.2, 0) is 0 Å². The molecule has 0 bridgehead atoms. The van der Waals surface area contributed by atoms with Gasteiger partial charge in [0.1, 0.15) is 0 Å². The fourth-order valence-electron chi connectivity index (χ4n) is 8.27. The number of rotatable bonds is 10. The van der Waals surface area contributed by atoms with E-state index in [4.69, 9.17) is 29.9 Å². The van der Waals surface area contributed by atoms with E-state index < -0.39 is 0 Å². The van der Waals surface area contributed by atoms with Crippen molar-refractivity contribution in [3.8, 4) is 113 Å². The molecule has 0 amide bonds. The fourth-order valence-corrected chi connectivity index (χ4v) is 8.27. The average Bonchev–Trinajstić information content (AvgIpc) is 3.42. The largest absolute Gasteiger partial charge is 0.208 e. The second-order valence-electron chi connectivity index (χ2n) is 15.9. The summed E-state index contributed by atoms with van der Waals surface area (Å²) in [7, 11) is 0. The lowest BCUT2D eigenvalue weighted by Crippen LogP contribution is -2.00. The molecule has 310 valence electrons. The Labute approximate surface area is 383 Å². The minimum Gasteiger partial charge on any atom is -0.208 e. The van der Waals surface area contributed by atoms with Crippen molar-refractivity contribution in [1.82, 2.24) is 29.9 Å².